The lowest BCUT2D eigenvalue weighted by Crippen LogP contribution is -2.51. The number of piperidine rings is 1. The fourth-order valence-electron chi connectivity index (χ4n) is 3.00. The van der Waals surface area contributed by atoms with Crippen molar-refractivity contribution in [3.05, 3.63) is 0 Å². The van der Waals surface area contributed by atoms with E-state index in [2.05, 4.69) is 4.90 Å². The molecule has 7 heteroatoms. The predicted molar refractivity (Wildman–Crippen MR) is 70.5 cm³/mol. The molecule has 0 spiro atoms. The summed E-state index contributed by atoms with van der Waals surface area (Å²) in [7, 11) is 2.03. The second-order valence-corrected chi connectivity index (χ2v) is 5.69. The fourth-order valence-corrected chi connectivity index (χ4v) is 3.00. The Morgan fingerprint density at radius 1 is 1.15 bits per heavy atom. The van der Waals surface area contributed by atoms with Crippen LogP contribution in [0.2, 0.25) is 0 Å². The van der Waals surface area contributed by atoms with Gasteiger partial charge >= 0.3 is 11.9 Å². The quantitative estimate of drug-likeness (QED) is 0.715. The summed E-state index contributed by atoms with van der Waals surface area (Å²) >= 11 is 0. The van der Waals surface area contributed by atoms with Crippen LogP contribution in [0.3, 0.4) is 0 Å². The molecular weight excluding hydrogens is 264 g/mol. The maximum absolute atomic E-state index is 11.2. The number of nitrogens with zero attached hydrogens (tertiary/aromatic N) is 2. The van der Waals surface area contributed by atoms with Gasteiger partial charge in [0.1, 0.15) is 0 Å². The van der Waals surface area contributed by atoms with Crippen LogP contribution in [0.25, 0.3) is 0 Å². The van der Waals surface area contributed by atoms with Crippen LogP contribution in [0.1, 0.15) is 6.42 Å². The van der Waals surface area contributed by atoms with Crippen molar-refractivity contribution in [3.63, 3.8) is 0 Å². The zero-order chi connectivity index (χ0) is 14.7. The number of hydrogen-bond donors (Lipinski definition) is 2. The highest BCUT2D eigenvalue weighted by Crippen LogP contribution is 2.25. The number of aliphatic carboxylic acids is 2. The summed E-state index contributed by atoms with van der Waals surface area (Å²) < 4.78 is 5.67. The standard InChI is InChI=1S/C13H22N2O5/c1-14-4-5-20-9(6-14)7-15-3-2-10(12(16)17)11(8-15)13(18)19/h9-11H,2-8H2,1H3,(H,16,17)(H,18,19). The molecule has 3 unspecified atom stereocenters. The fraction of sp³-hybridized carbons (Fsp3) is 0.846. The first-order valence-corrected chi connectivity index (χ1v) is 6.95. The van der Waals surface area contributed by atoms with Gasteiger partial charge in [-0.1, -0.05) is 0 Å². The minimum Gasteiger partial charge on any atom is -0.481 e. The van der Waals surface area contributed by atoms with E-state index in [1.165, 1.54) is 0 Å². The SMILES string of the molecule is CN1CCOC(CN2CCC(C(=O)O)C(C(=O)O)C2)C1. The van der Waals surface area contributed by atoms with Crippen LogP contribution < -0.4 is 0 Å². The lowest BCUT2D eigenvalue weighted by Gasteiger charge is -2.38. The van der Waals surface area contributed by atoms with Gasteiger partial charge in [0.25, 0.3) is 0 Å². The molecule has 114 valence electrons. The molecule has 0 aromatic heterocycles. The molecule has 2 N–H and O–H groups in total. The van der Waals surface area contributed by atoms with Gasteiger partial charge in [0.15, 0.2) is 0 Å². The Labute approximate surface area is 118 Å². The van der Waals surface area contributed by atoms with Gasteiger partial charge in [0, 0.05) is 26.2 Å². The molecule has 2 aliphatic heterocycles. The third-order valence-corrected chi connectivity index (χ3v) is 4.14. The Morgan fingerprint density at radius 3 is 2.45 bits per heavy atom. The van der Waals surface area contributed by atoms with Crippen molar-refractivity contribution >= 4 is 11.9 Å². The van der Waals surface area contributed by atoms with Crippen molar-refractivity contribution in [2.45, 2.75) is 12.5 Å². The number of ether oxygens (including phenoxy) is 1. The Kier molecular flexibility index (Phi) is 4.95. The molecule has 0 aliphatic carbocycles. The Bertz CT molecular complexity index is 376. The molecule has 0 radical (unpaired) electrons. The van der Waals surface area contributed by atoms with Gasteiger partial charge in [-0.05, 0) is 20.0 Å². The zero-order valence-electron chi connectivity index (χ0n) is 11.7. The molecule has 7 nitrogen and oxygen atoms in total. The Hall–Kier alpha value is -1.18. The number of carbonyl (C=O) groups is 2. The van der Waals surface area contributed by atoms with Crippen molar-refractivity contribution in [2.24, 2.45) is 11.8 Å². The van der Waals surface area contributed by atoms with Gasteiger partial charge in [-0.3, -0.25) is 14.5 Å². The largest absolute Gasteiger partial charge is 0.481 e. The lowest BCUT2D eigenvalue weighted by molar-refractivity contribution is -0.157. The topological polar surface area (TPSA) is 90.3 Å². The van der Waals surface area contributed by atoms with Gasteiger partial charge in [-0.15, -0.1) is 0 Å². The van der Waals surface area contributed by atoms with E-state index in [9.17, 15) is 14.7 Å². The molecule has 2 saturated heterocycles. The molecule has 20 heavy (non-hydrogen) atoms. The maximum atomic E-state index is 11.2. The monoisotopic (exact) mass is 286 g/mol. The second kappa shape index (κ2) is 6.51. The average molecular weight is 286 g/mol. The number of likely N-dealkylation sites (N-methyl/N-ethyl adjacent to an activating group) is 1. The predicted octanol–water partition coefficient (Wildman–Crippen LogP) is -0.576. The first kappa shape index (κ1) is 15.2. The molecular formula is C13H22N2O5. The molecule has 3 atom stereocenters. The van der Waals surface area contributed by atoms with Crippen molar-refractivity contribution < 1.29 is 24.5 Å². The van der Waals surface area contributed by atoms with Crippen LogP contribution in [0, 0.1) is 11.8 Å². The number of carboxylic acid groups (broad SMARTS) is 2. The summed E-state index contributed by atoms with van der Waals surface area (Å²) in [5, 5.41) is 18.3. The van der Waals surface area contributed by atoms with Crippen molar-refractivity contribution in [1.29, 1.82) is 0 Å². The summed E-state index contributed by atoms with van der Waals surface area (Å²) in [4.78, 5) is 26.5. The van der Waals surface area contributed by atoms with Gasteiger partial charge in [0.05, 0.1) is 24.5 Å². The minimum absolute atomic E-state index is 0.0737. The number of hydrogen-bond acceptors (Lipinski definition) is 5. The van der Waals surface area contributed by atoms with Crippen LogP contribution in [-0.4, -0.2) is 84.4 Å². The average Bonchev–Trinajstić information content (AvgIpc) is 2.38. The van der Waals surface area contributed by atoms with Crippen LogP contribution in [0.4, 0.5) is 0 Å². The smallest absolute Gasteiger partial charge is 0.308 e. The third kappa shape index (κ3) is 3.68. The minimum atomic E-state index is -1.02. The number of carboxylic acids is 2. The van der Waals surface area contributed by atoms with Gasteiger partial charge in [0.2, 0.25) is 0 Å². The number of likely N-dealkylation sites (tertiary alicyclic amines) is 1. The van der Waals surface area contributed by atoms with Crippen LogP contribution in [0.15, 0.2) is 0 Å². The molecule has 0 saturated carbocycles. The van der Waals surface area contributed by atoms with E-state index in [4.69, 9.17) is 9.84 Å². The molecule has 0 bridgehead atoms. The maximum Gasteiger partial charge on any atom is 0.308 e. The molecule has 0 amide bonds. The number of rotatable bonds is 4. The van der Waals surface area contributed by atoms with Crippen LogP contribution in [-0.2, 0) is 14.3 Å². The Balaban J connectivity index is 1.91. The molecule has 2 rings (SSSR count). The second-order valence-electron chi connectivity index (χ2n) is 5.69. The normalized spacial score (nSPS) is 33.0. The van der Waals surface area contributed by atoms with E-state index in [1.807, 2.05) is 11.9 Å². The highest BCUT2D eigenvalue weighted by Gasteiger charge is 2.39. The van der Waals surface area contributed by atoms with Crippen molar-refractivity contribution in [2.75, 3.05) is 46.4 Å². The zero-order valence-corrected chi connectivity index (χ0v) is 11.7. The molecule has 0 aromatic carbocycles. The third-order valence-electron chi connectivity index (χ3n) is 4.14. The summed E-state index contributed by atoms with van der Waals surface area (Å²) in [5.41, 5.74) is 0. The summed E-state index contributed by atoms with van der Waals surface area (Å²) in [6.07, 6.45) is 0.457. The molecule has 0 aromatic rings. The van der Waals surface area contributed by atoms with Crippen LogP contribution in [0.5, 0.6) is 0 Å². The lowest BCUT2D eigenvalue weighted by atomic mass is 9.85. The van der Waals surface area contributed by atoms with Gasteiger partial charge < -0.3 is 19.8 Å². The van der Waals surface area contributed by atoms with E-state index in [0.29, 0.717) is 26.1 Å². The van der Waals surface area contributed by atoms with E-state index >= 15 is 0 Å². The summed E-state index contributed by atoms with van der Waals surface area (Å²) in [5.74, 6) is -3.64. The first-order chi connectivity index (χ1) is 9.47. The number of morpholine rings is 1. The van der Waals surface area contributed by atoms with Gasteiger partial charge in [-0.25, -0.2) is 0 Å². The molecule has 2 aliphatic rings. The van der Waals surface area contributed by atoms with Crippen molar-refractivity contribution in [3.8, 4) is 0 Å². The highest BCUT2D eigenvalue weighted by molar-refractivity contribution is 5.80. The Morgan fingerprint density at radius 2 is 1.85 bits per heavy atom. The van der Waals surface area contributed by atoms with Gasteiger partial charge in [-0.2, -0.15) is 0 Å². The first-order valence-electron chi connectivity index (χ1n) is 6.95. The van der Waals surface area contributed by atoms with E-state index < -0.39 is 23.8 Å². The summed E-state index contributed by atoms with van der Waals surface area (Å²) in [6, 6.07) is 0. The van der Waals surface area contributed by atoms with E-state index in [0.717, 1.165) is 13.1 Å². The van der Waals surface area contributed by atoms with E-state index in [-0.39, 0.29) is 12.6 Å². The highest BCUT2D eigenvalue weighted by atomic mass is 16.5. The van der Waals surface area contributed by atoms with Crippen LogP contribution >= 0.6 is 0 Å². The van der Waals surface area contributed by atoms with Crippen molar-refractivity contribution in [1.82, 2.24) is 9.80 Å². The molecule has 2 fully saturated rings. The summed E-state index contributed by atoms with van der Waals surface area (Å²) in [6.45, 7) is 4.00. The molecule has 2 heterocycles. The van der Waals surface area contributed by atoms with E-state index in [1.54, 1.807) is 0 Å².